The van der Waals surface area contributed by atoms with Crippen molar-refractivity contribution >= 4 is 16.3 Å². The molecule has 1 N–H and O–H groups in total. The zero-order valence-electron chi connectivity index (χ0n) is 13.9. The second-order valence-electron chi connectivity index (χ2n) is 5.79. The fourth-order valence-electron chi connectivity index (χ4n) is 2.77. The van der Waals surface area contributed by atoms with Crippen LogP contribution in [0.4, 0.5) is 17.6 Å². The van der Waals surface area contributed by atoms with Crippen LogP contribution >= 0.6 is 11.3 Å². The molecule has 0 unspecified atom stereocenters. The molecule has 0 saturated carbocycles. The smallest absolute Gasteiger partial charge is 0.314 e. The molecule has 0 bridgehead atoms. The summed E-state index contributed by atoms with van der Waals surface area (Å²) in [5, 5.41) is 2.98. The molecule has 3 rings (SSSR count). The Morgan fingerprint density at radius 3 is 2.69 bits per heavy atom. The van der Waals surface area contributed by atoms with Gasteiger partial charge in [-0.3, -0.25) is 9.20 Å². The minimum absolute atomic E-state index is 0.153. The van der Waals surface area contributed by atoms with E-state index in [1.165, 1.54) is 27.9 Å². The first-order chi connectivity index (χ1) is 12.2. The normalized spacial score (nSPS) is 12.1. The predicted molar refractivity (Wildman–Crippen MR) is 91.0 cm³/mol. The topological polar surface area (TPSA) is 46.4 Å². The third-order valence-corrected chi connectivity index (χ3v) is 4.96. The lowest BCUT2D eigenvalue weighted by molar-refractivity contribution is -0.140. The number of thiazole rings is 1. The van der Waals surface area contributed by atoms with Crippen molar-refractivity contribution < 1.29 is 17.6 Å². The first kappa shape index (κ1) is 18.5. The summed E-state index contributed by atoms with van der Waals surface area (Å²) in [6.07, 6.45) is -4.97. The van der Waals surface area contributed by atoms with Crippen molar-refractivity contribution in [1.29, 1.82) is 0 Å². The molecule has 0 radical (unpaired) electrons. The van der Waals surface area contributed by atoms with Gasteiger partial charge in [0.15, 0.2) is 4.96 Å². The second kappa shape index (κ2) is 6.81. The van der Waals surface area contributed by atoms with Gasteiger partial charge < -0.3 is 5.32 Å². The molecule has 0 saturated heterocycles. The Hall–Kier alpha value is -2.26. The Labute approximate surface area is 150 Å². The van der Waals surface area contributed by atoms with Crippen LogP contribution in [0.2, 0.25) is 0 Å². The molecule has 1 aromatic carbocycles. The Morgan fingerprint density at radius 1 is 1.31 bits per heavy atom. The number of hydrogen-bond donors (Lipinski definition) is 1. The maximum atomic E-state index is 14.2. The van der Waals surface area contributed by atoms with E-state index >= 15 is 0 Å². The molecule has 9 heteroatoms. The molecule has 0 aliphatic carbocycles. The van der Waals surface area contributed by atoms with Crippen molar-refractivity contribution in [3.8, 4) is 0 Å². The predicted octanol–water partition coefficient (Wildman–Crippen LogP) is 3.53. The SMILES string of the molecule is CNCc1c(C)sc2nc(Cc3cccc(C(F)(F)F)c3F)cc(=O)n12. The highest BCUT2D eigenvalue weighted by molar-refractivity contribution is 7.17. The first-order valence-electron chi connectivity index (χ1n) is 7.72. The highest BCUT2D eigenvalue weighted by Gasteiger charge is 2.34. The Balaban J connectivity index is 2.05. The van der Waals surface area contributed by atoms with E-state index < -0.39 is 17.6 Å². The fraction of sp³-hybridized carbons (Fsp3) is 0.294. The standard InChI is InChI=1S/C17H15F4N3OS/c1-9-13(8-22-2)24-14(25)7-11(23-16(24)26-9)6-10-4-3-5-12(15(10)18)17(19,20)21/h3-5,7,22H,6,8H2,1-2H3. The minimum Gasteiger partial charge on any atom is -0.314 e. The maximum absolute atomic E-state index is 14.2. The molecule has 0 aliphatic rings. The maximum Gasteiger partial charge on any atom is 0.419 e. The summed E-state index contributed by atoms with van der Waals surface area (Å²) in [7, 11) is 1.76. The molecular weight excluding hydrogens is 370 g/mol. The Kier molecular flexibility index (Phi) is 4.85. The lowest BCUT2D eigenvalue weighted by Gasteiger charge is -2.11. The third-order valence-electron chi connectivity index (χ3n) is 3.96. The lowest BCUT2D eigenvalue weighted by Crippen LogP contribution is -2.20. The van der Waals surface area contributed by atoms with E-state index in [4.69, 9.17) is 0 Å². The molecule has 2 aromatic heterocycles. The van der Waals surface area contributed by atoms with Crippen LogP contribution in [0.1, 0.15) is 27.4 Å². The third kappa shape index (κ3) is 3.36. The summed E-state index contributed by atoms with van der Waals surface area (Å²) in [6.45, 7) is 2.34. The fourth-order valence-corrected chi connectivity index (χ4v) is 3.78. The lowest BCUT2D eigenvalue weighted by atomic mass is 10.0. The van der Waals surface area contributed by atoms with Crippen molar-refractivity contribution in [2.24, 2.45) is 0 Å². The van der Waals surface area contributed by atoms with Gasteiger partial charge in [0.2, 0.25) is 0 Å². The number of fused-ring (bicyclic) bond motifs is 1. The molecule has 26 heavy (non-hydrogen) atoms. The van der Waals surface area contributed by atoms with Crippen molar-refractivity contribution in [2.45, 2.75) is 26.1 Å². The van der Waals surface area contributed by atoms with Gasteiger partial charge in [-0.2, -0.15) is 13.2 Å². The van der Waals surface area contributed by atoms with Gasteiger partial charge in [-0.15, -0.1) is 11.3 Å². The van der Waals surface area contributed by atoms with Gasteiger partial charge in [0.25, 0.3) is 5.56 Å². The Morgan fingerprint density at radius 2 is 2.04 bits per heavy atom. The van der Waals surface area contributed by atoms with Crippen molar-refractivity contribution in [1.82, 2.24) is 14.7 Å². The van der Waals surface area contributed by atoms with E-state index in [2.05, 4.69) is 10.3 Å². The number of alkyl halides is 3. The highest BCUT2D eigenvalue weighted by Crippen LogP contribution is 2.32. The van der Waals surface area contributed by atoms with Crippen LogP contribution < -0.4 is 10.9 Å². The van der Waals surface area contributed by atoms with Gasteiger partial charge in [0.1, 0.15) is 5.82 Å². The number of rotatable bonds is 4. The minimum atomic E-state index is -4.77. The molecule has 0 amide bonds. The van der Waals surface area contributed by atoms with E-state index in [0.717, 1.165) is 16.6 Å². The Bertz CT molecular complexity index is 1020. The number of aromatic nitrogens is 2. The number of nitrogens with one attached hydrogen (secondary N) is 1. The molecule has 4 nitrogen and oxygen atoms in total. The molecular formula is C17H15F4N3OS. The highest BCUT2D eigenvalue weighted by atomic mass is 32.1. The van der Waals surface area contributed by atoms with Crippen molar-refractivity contribution in [2.75, 3.05) is 7.05 Å². The number of halogens is 4. The van der Waals surface area contributed by atoms with E-state index in [1.807, 2.05) is 6.92 Å². The number of benzene rings is 1. The van der Waals surface area contributed by atoms with Crippen LogP contribution in [0.3, 0.4) is 0 Å². The first-order valence-corrected chi connectivity index (χ1v) is 8.54. The number of hydrogen-bond acceptors (Lipinski definition) is 4. The van der Waals surface area contributed by atoms with Gasteiger partial charge in [-0.1, -0.05) is 12.1 Å². The quantitative estimate of drug-likeness (QED) is 0.699. The van der Waals surface area contributed by atoms with Gasteiger partial charge in [-0.25, -0.2) is 9.37 Å². The number of nitrogens with zero attached hydrogens (tertiary/aromatic N) is 2. The van der Waals surface area contributed by atoms with Crippen molar-refractivity contribution in [3.63, 3.8) is 0 Å². The van der Waals surface area contributed by atoms with Gasteiger partial charge in [0.05, 0.1) is 17.0 Å². The van der Waals surface area contributed by atoms with Crippen LogP contribution in [0, 0.1) is 12.7 Å². The zero-order valence-corrected chi connectivity index (χ0v) is 14.8. The summed E-state index contributed by atoms with van der Waals surface area (Å²) < 4.78 is 54.2. The number of aryl methyl sites for hydroxylation is 1. The van der Waals surface area contributed by atoms with E-state index in [1.54, 1.807) is 7.05 Å². The summed E-state index contributed by atoms with van der Waals surface area (Å²) in [6, 6.07) is 4.34. The van der Waals surface area contributed by atoms with E-state index in [9.17, 15) is 22.4 Å². The van der Waals surface area contributed by atoms with E-state index in [0.29, 0.717) is 17.6 Å². The zero-order chi connectivity index (χ0) is 19.1. The van der Waals surface area contributed by atoms with Crippen LogP contribution in [-0.2, 0) is 19.1 Å². The molecule has 2 heterocycles. The van der Waals surface area contributed by atoms with Crippen LogP contribution in [0.5, 0.6) is 0 Å². The molecule has 3 aromatic rings. The molecule has 138 valence electrons. The summed E-state index contributed by atoms with van der Waals surface area (Å²) in [5.74, 6) is -1.33. The van der Waals surface area contributed by atoms with Crippen LogP contribution in [0.25, 0.3) is 4.96 Å². The second-order valence-corrected chi connectivity index (χ2v) is 6.97. The van der Waals surface area contributed by atoms with Crippen LogP contribution in [0.15, 0.2) is 29.1 Å². The monoisotopic (exact) mass is 385 g/mol. The largest absolute Gasteiger partial charge is 0.419 e. The average Bonchev–Trinajstić information content (AvgIpc) is 2.85. The molecule has 0 spiro atoms. The van der Waals surface area contributed by atoms with Crippen molar-refractivity contribution in [3.05, 3.63) is 67.8 Å². The molecule has 0 atom stereocenters. The summed E-state index contributed by atoms with van der Waals surface area (Å²) in [5.41, 5.74) is -0.810. The molecule has 0 aliphatic heterocycles. The van der Waals surface area contributed by atoms with Gasteiger partial charge in [0, 0.05) is 23.9 Å². The summed E-state index contributed by atoms with van der Waals surface area (Å²) in [4.78, 5) is 18.1. The van der Waals surface area contributed by atoms with E-state index in [-0.39, 0.29) is 23.2 Å². The van der Waals surface area contributed by atoms with Gasteiger partial charge in [-0.05, 0) is 25.6 Å². The average molecular weight is 385 g/mol. The molecule has 0 fully saturated rings. The van der Waals surface area contributed by atoms with Crippen LogP contribution in [-0.4, -0.2) is 16.4 Å². The van der Waals surface area contributed by atoms with Gasteiger partial charge >= 0.3 is 6.18 Å². The summed E-state index contributed by atoms with van der Waals surface area (Å²) >= 11 is 1.31.